The lowest BCUT2D eigenvalue weighted by Gasteiger charge is -2.24. The maximum atomic E-state index is 12.7. The molecule has 7 nitrogen and oxygen atoms in total. The van der Waals surface area contributed by atoms with Crippen LogP contribution in [0.15, 0.2) is 42.5 Å². The Morgan fingerprint density at radius 1 is 1.10 bits per heavy atom. The number of halogens is 1. The molecule has 0 spiro atoms. The number of nitrogens with zero attached hydrogens (tertiary/aromatic N) is 1. The highest BCUT2D eigenvalue weighted by atomic mass is 35.5. The third-order valence-corrected chi connectivity index (χ3v) is 5.32. The molecule has 1 fully saturated rings. The summed E-state index contributed by atoms with van der Waals surface area (Å²) in [6, 6.07) is 11.8. The van der Waals surface area contributed by atoms with E-state index in [1.165, 1.54) is 0 Å². The van der Waals surface area contributed by atoms with Crippen LogP contribution in [0, 0.1) is 0 Å². The summed E-state index contributed by atoms with van der Waals surface area (Å²) in [7, 11) is 3.18. The number of amides is 3. The Kier molecular flexibility index (Phi) is 7.41. The molecular formula is C22H26ClN3O4. The summed E-state index contributed by atoms with van der Waals surface area (Å²) in [6.45, 7) is 1.02. The smallest absolute Gasteiger partial charge is 0.322 e. The number of carbonyl (C=O) groups excluding carboxylic acids is 2. The van der Waals surface area contributed by atoms with E-state index in [-0.39, 0.29) is 11.9 Å². The number of methoxy groups -OCH3 is 2. The van der Waals surface area contributed by atoms with E-state index in [9.17, 15) is 9.59 Å². The molecule has 2 aromatic rings. The Balaban J connectivity index is 1.53. The first-order valence-electron chi connectivity index (χ1n) is 9.83. The molecule has 0 radical (unpaired) electrons. The van der Waals surface area contributed by atoms with Gasteiger partial charge in [0.2, 0.25) is 5.91 Å². The molecule has 160 valence electrons. The zero-order chi connectivity index (χ0) is 21.5. The third kappa shape index (κ3) is 5.36. The van der Waals surface area contributed by atoms with Crippen LogP contribution in [-0.2, 0) is 11.2 Å². The summed E-state index contributed by atoms with van der Waals surface area (Å²) in [5, 5.41) is 6.37. The third-order valence-electron chi connectivity index (χ3n) is 5.07. The lowest BCUT2D eigenvalue weighted by molar-refractivity contribution is -0.124. The quantitative estimate of drug-likeness (QED) is 0.700. The molecule has 8 heteroatoms. The minimum atomic E-state index is -0.470. The average Bonchev–Trinajstić information content (AvgIpc) is 3.25. The minimum Gasteiger partial charge on any atom is -0.493 e. The molecule has 30 heavy (non-hydrogen) atoms. The van der Waals surface area contributed by atoms with Gasteiger partial charge in [0.15, 0.2) is 11.5 Å². The summed E-state index contributed by atoms with van der Waals surface area (Å²) >= 11 is 5.88. The molecule has 0 unspecified atom stereocenters. The van der Waals surface area contributed by atoms with Crippen LogP contribution in [-0.4, -0.2) is 50.2 Å². The number of ether oxygens (including phenoxy) is 2. The number of hydrogen-bond acceptors (Lipinski definition) is 4. The highest BCUT2D eigenvalue weighted by Gasteiger charge is 2.33. The Hall–Kier alpha value is -2.93. The molecule has 0 aromatic heterocycles. The van der Waals surface area contributed by atoms with Crippen LogP contribution >= 0.6 is 11.6 Å². The normalized spacial score (nSPS) is 15.6. The second-order valence-electron chi connectivity index (χ2n) is 7.02. The van der Waals surface area contributed by atoms with Crippen LogP contribution in [0.3, 0.4) is 0 Å². The maximum Gasteiger partial charge on any atom is 0.322 e. The molecule has 3 amide bonds. The first kappa shape index (κ1) is 21.8. The second kappa shape index (κ2) is 10.2. The van der Waals surface area contributed by atoms with Gasteiger partial charge in [0, 0.05) is 23.8 Å². The van der Waals surface area contributed by atoms with E-state index >= 15 is 0 Å². The number of benzene rings is 2. The van der Waals surface area contributed by atoms with E-state index in [0.717, 1.165) is 12.0 Å². The molecule has 0 bridgehead atoms. The topological polar surface area (TPSA) is 79.9 Å². The maximum absolute atomic E-state index is 12.7. The molecular weight excluding hydrogens is 406 g/mol. The van der Waals surface area contributed by atoms with Gasteiger partial charge in [-0.3, -0.25) is 4.79 Å². The van der Waals surface area contributed by atoms with Crippen molar-refractivity contribution in [3.63, 3.8) is 0 Å². The standard InChI is InChI=1S/C22H26ClN3O4/c1-29-19-10-5-15(14-20(19)30-2)11-12-24-21(27)18-4-3-13-26(18)22(28)25-17-8-6-16(23)7-9-17/h5-10,14,18H,3-4,11-13H2,1-2H3,(H,24,27)(H,25,28)/t18-/m0/s1. The van der Waals surface area contributed by atoms with Crippen molar-refractivity contribution in [2.75, 3.05) is 32.6 Å². The van der Waals surface area contributed by atoms with Gasteiger partial charge in [-0.05, 0) is 61.2 Å². The average molecular weight is 432 g/mol. The van der Waals surface area contributed by atoms with Gasteiger partial charge in [0.05, 0.1) is 14.2 Å². The van der Waals surface area contributed by atoms with E-state index in [0.29, 0.717) is 48.1 Å². The first-order chi connectivity index (χ1) is 14.5. The molecule has 2 N–H and O–H groups in total. The van der Waals surface area contributed by atoms with Crippen molar-refractivity contribution in [2.45, 2.75) is 25.3 Å². The molecule has 1 aliphatic rings. The van der Waals surface area contributed by atoms with Gasteiger partial charge in [-0.2, -0.15) is 0 Å². The lowest BCUT2D eigenvalue weighted by Crippen LogP contribution is -2.47. The van der Waals surface area contributed by atoms with Crippen LogP contribution in [0.2, 0.25) is 5.02 Å². The Bertz CT molecular complexity index is 888. The van der Waals surface area contributed by atoms with Gasteiger partial charge in [-0.15, -0.1) is 0 Å². The van der Waals surface area contributed by atoms with Gasteiger partial charge >= 0.3 is 6.03 Å². The summed E-state index contributed by atoms with van der Waals surface area (Å²) in [5.74, 6) is 1.18. The predicted molar refractivity (Wildman–Crippen MR) is 116 cm³/mol. The van der Waals surface area contributed by atoms with E-state index in [1.54, 1.807) is 43.4 Å². The fraction of sp³-hybridized carbons (Fsp3) is 0.364. The SMILES string of the molecule is COc1ccc(CCNC(=O)[C@@H]2CCCN2C(=O)Nc2ccc(Cl)cc2)cc1OC. The van der Waals surface area contributed by atoms with Gasteiger partial charge in [0.1, 0.15) is 6.04 Å². The minimum absolute atomic E-state index is 0.140. The van der Waals surface area contributed by atoms with Crippen LogP contribution in [0.25, 0.3) is 0 Å². The summed E-state index contributed by atoms with van der Waals surface area (Å²) in [4.78, 5) is 26.9. The summed E-state index contributed by atoms with van der Waals surface area (Å²) in [6.07, 6.45) is 2.09. The van der Waals surface area contributed by atoms with Crippen molar-refractivity contribution >= 4 is 29.2 Å². The van der Waals surface area contributed by atoms with Gasteiger partial charge in [0.25, 0.3) is 0 Å². The molecule has 3 rings (SSSR count). The molecule has 0 saturated carbocycles. The summed E-state index contributed by atoms with van der Waals surface area (Å²) < 4.78 is 10.5. The van der Waals surface area contributed by atoms with Crippen molar-refractivity contribution in [1.82, 2.24) is 10.2 Å². The molecule has 2 aromatic carbocycles. The van der Waals surface area contributed by atoms with Crippen molar-refractivity contribution in [3.8, 4) is 11.5 Å². The van der Waals surface area contributed by atoms with E-state index < -0.39 is 6.04 Å². The van der Waals surface area contributed by atoms with Gasteiger partial charge in [-0.25, -0.2) is 4.79 Å². The van der Waals surface area contributed by atoms with Crippen molar-refractivity contribution < 1.29 is 19.1 Å². The van der Waals surface area contributed by atoms with Crippen LogP contribution in [0.1, 0.15) is 18.4 Å². The second-order valence-corrected chi connectivity index (χ2v) is 7.46. The highest BCUT2D eigenvalue weighted by molar-refractivity contribution is 6.30. The van der Waals surface area contributed by atoms with E-state index in [2.05, 4.69) is 10.6 Å². The Morgan fingerprint density at radius 2 is 1.83 bits per heavy atom. The lowest BCUT2D eigenvalue weighted by atomic mass is 10.1. The van der Waals surface area contributed by atoms with Crippen LogP contribution < -0.4 is 20.1 Å². The van der Waals surface area contributed by atoms with Crippen molar-refractivity contribution in [1.29, 1.82) is 0 Å². The fourth-order valence-electron chi connectivity index (χ4n) is 3.49. The van der Waals surface area contributed by atoms with Crippen LogP contribution in [0.5, 0.6) is 11.5 Å². The molecule has 0 aliphatic carbocycles. The zero-order valence-electron chi connectivity index (χ0n) is 17.1. The number of anilines is 1. The Morgan fingerprint density at radius 3 is 2.53 bits per heavy atom. The monoisotopic (exact) mass is 431 g/mol. The molecule has 1 heterocycles. The van der Waals surface area contributed by atoms with Gasteiger partial charge < -0.3 is 25.0 Å². The molecule has 1 saturated heterocycles. The number of urea groups is 1. The van der Waals surface area contributed by atoms with Gasteiger partial charge in [-0.1, -0.05) is 17.7 Å². The van der Waals surface area contributed by atoms with E-state index in [1.807, 2.05) is 18.2 Å². The predicted octanol–water partition coefficient (Wildman–Crippen LogP) is 3.71. The number of carbonyl (C=O) groups is 2. The Labute approximate surface area is 181 Å². The van der Waals surface area contributed by atoms with Crippen molar-refractivity contribution in [3.05, 3.63) is 53.1 Å². The number of likely N-dealkylation sites (tertiary alicyclic amines) is 1. The van der Waals surface area contributed by atoms with Crippen molar-refractivity contribution in [2.24, 2.45) is 0 Å². The zero-order valence-corrected chi connectivity index (χ0v) is 17.9. The fourth-order valence-corrected chi connectivity index (χ4v) is 3.62. The molecule has 1 atom stereocenters. The number of nitrogens with one attached hydrogen (secondary N) is 2. The van der Waals surface area contributed by atoms with E-state index in [4.69, 9.17) is 21.1 Å². The highest BCUT2D eigenvalue weighted by Crippen LogP contribution is 2.27. The first-order valence-corrected chi connectivity index (χ1v) is 10.2. The largest absolute Gasteiger partial charge is 0.493 e. The number of rotatable bonds is 7. The van der Waals surface area contributed by atoms with Crippen LogP contribution in [0.4, 0.5) is 10.5 Å². The molecule has 1 aliphatic heterocycles. The number of hydrogen-bond donors (Lipinski definition) is 2. The summed E-state index contributed by atoms with van der Waals surface area (Å²) in [5.41, 5.74) is 1.67.